The topological polar surface area (TPSA) is 83.6 Å². The number of sulfone groups is 1. The van der Waals surface area contributed by atoms with Crippen molar-refractivity contribution in [2.24, 2.45) is 0 Å². The molecule has 0 bridgehead atoms. The van der Waals surface area contributed by atoms with Gasteiger partial charge in [0.2, 0.25) is 5.91 Å². The van der Waals surface area contributed by atoms with Gasteiger partial charge in [-0.05, 0) is 30.7 Å². The molecule has 114 valence electrons. The van der Waals surface area contributed by atoms with Gasteiger partial charge in [-0.25, -0.2) is 8.42 Å². The molecule has 1 fully saturated rings. The van der Waals surface area contributed by atoms with E-state index in [0.717, 1.165) is 0 Å². The molecular formula is C14H18N2O4S. The van der Waals surface area contributed by atoms with E-state index in [1.807, 2.05) is 0 Å². The van der Waals surface area contributed by atoms with Gasteiger partial charge in [-0.15, -0.1) is 0 Å². The zero-order valence-corrected chi connectivity index (χ0v) is 12.8. The van der Waals surface area contributed by atoms with Crippen LogP contribution in [-0.2, 0) is 14.6 Å². The molecule has 2 amide bonds. The summed E-state index contributed by atoms with van der Waals surface area (Å²) >= 11 is 0. The first-order valence-corrected chi connectivity index (χ1v) is 8.46. The molecule has 0 aliphatic carbocycles. The molecule has 0 radical (unpaired) electrons. The number of amides is 2. The van der Waals surface area contributed by atoms with E-state index >= 15 is 0 Å². The second kappa shape index (κ2) is 5.85. The van der Waals surface area contributed by atoms with Gasteiger partial charge < -0.3 is 10.2 Å². The Morgan fingerprint density at radius 3 is 2.33 bits per heavy atom. The Labute approximate surface area is 124 Å². The van der Waals surface area contributed by atoms with Gasteiger partial charge in [0, 0.05) is 31.3 Å². The lowest BCUT2D eigenvalue weighted by atomic mass is 10.1. The van der Waals surface area contributed by atoms with Crippen LogP contribution in [0.25, 0.3) is 0 Å². The second-order valence-electron chi connectivity index (χ2n) is 5.23. The maximum Gasteiger partial charge on any atom is 0.253 e. The third kappa shape index (κ3) is 3.81. The van der Waals surface area contributed by atoms with Crippen molar-refractivity contribution < 1.29 is 18.0 Å². The number of benzene rings is 1. The number of rotatable bonds is 3. The molecule has 2 rings (SSSR count). The molecule has 1 aliphatic heterocycles. The highest BCUT2D eigenvalue weighted by Gasteiger charge is 2.32. The van der Waals surface area contributed by atoms with Gasteiger partial charge in [0.25, 0.3) is 5.91 Å². The summed E-state index contributed by atoms with van der Waals surface area (Å²) in [6, 6.07) is 6.26. The molecule has 1 heterocycles. The average molecular weight is 310 g/mol. The summed E-state index contributed by atoms with van der Waals surface area (Å²) in [7, 11) is -1.40. The molecule has 1 aromatic rings. The Balaban J connectivity index is 2.07. The number of hydrogen-bond acceptors (Lipinski definition) is 4. The molecule has 0 unspecified atom stereocenters. The number of nitrogens with zero attached hydrogens (tertiary/aromatic N) is 1. The van der Waals surface area contributed by atoms with E-state index in [4.69, 9.17) is 0 Å². The minimum Gasteiger partial charge on any atom is -0.338 e. The lowest BCUT2D eigenvalue weighted by Gasteiger charge is -2.23. The fourth-order valence-electron chi connectivity index (χ4n) is 2.35. The Morgan fingerprint density at radius 2 is 1.86 bits per heavy atom. The smallest absolute Gasteiger partial charge is 0.253 e. The van der Waals surface area contributed by atoms with Gasteiger partial charge >= 0.3 is 0 Å². The fourth-order valence-corrected chi connectivity index (χ4v) is 4.12. The van der Waals surface area contributed by atoms with Crippen molar-refractivity contribution in [1.82, 2.24) is 4.90 Å². The first-order valence-electron chi connectivity index (χ1n) is 6.64. The van der Waals surface area contributed by atoms with Crippen LogP contribution >= 0.6 is 0 Å². The van der Waals surface area contributed by atoms with Crippen LogP contribution in [-0.4, -0.2) is 49.7 Å². The SMILES string of the molecule is CC(=O)Nc1ccc(C(=O)N(C)[C@H]2CCS(=O)(=O)C2)cc1. The van der Waals surface area contributed by atoms with Crippen LogP contribution in [0.15, 0.2) is 24.3 Å². The standard InChI is InChI=1S/C14H18N2O4S/c1-10(17)15-12-5-3-11(4-6-12)14(18)16(2)13-7-8-21(19,20)9-13/h3-6,13H,7-9H2,1-2H3,(H,15,17)/t13-/m0/s1. The number of hydrogen-bond donors (Lipinski definition) is 1. The minimum atomic E-state index is -3.02. The summed E-state index contributed by atoms with van der Waals surface area (Å²) in [5, 5.41) is 2.62. The largest absolute Gasteiger partial charge is 0.338 e. The Morgan fingerprint density at radius 1 is 1.24 bits per heavy atom. The Kier molecular flexibility index (Phi) is 4.32. The van der Waals surface area contributed by atoms with Crippen molar-refractivity contribution in [3.8, 4) is 0 Å². The summed E-state index contributed by atoms with van der Waals surface area (Å²) in [4.78, 5) is 24.7. The van der Waals surface area contributed by atoms with E-state index < -0.39 is 9.84 Å². The van der Waals surface area contributed by atoms with Crippen LogP contribution in [0.2, 0.25) is 0 Å². The summed E-state index contributed by atoms with van der Waals surface area (Å²) < 4.78 is 22.9. The number of nitrogens with one attached hydrogen (secondary N) is 1. The zero-order valence-electron chi connectivity index (χ0n) is 12.0. The molecule has 0 saturated carbocycles. The van der Waals surface area contributed by atoms with Crippen molar-refractivity contribution in [2.75, 3.05) is 23.9 Å². The van der Waals surface area contributed by atoms with Crippen LogP contribution in [0.4, 0.5) is 5.69 Å². The first kappa shape index (κ1) is 15.5. The summed E-state index contributed by atoms with van der Waals surface area (Å²) in [5.74, 6) is -0.232. The normalized spacial score (nSPS) is 20.0. The van der Waals surface area contributed by atoms with Crippen LogP contribution in [0.3, 0.4) is 0 Å². The lowest BCUT2D eigenvalue weighted by Crippen LogP contribution is -2.37. The molecule has 0 spiro atoms. The zero-order chi connectivity index (χ0) is 15.6. The maximum atomic E-state index is 12.3. The van der Waals surface area contributed by atoms with Crippen LogP contribution in [0.5, 0.6) is 0 Å². The van der Waals surface area contributed by atoms with Crippen LogP contribution in [0.1, 0.15) is 23.7 Å². The maximum absolute atomic E-state index is 12.3. The van der Waals surface area contributed by atoms with Crippen LogP contribution < -0.4 is 5.32 Å². The van der Waals surface area contributed by atoms with Gasteiger partial charge in [-0.3, -0.25) is 9.59 Å². The predicted octanol–water partition coefficient (Wildman–Crippen LogP) is 0.904. The highest BCUT2D eigenvalue weighted by Crippen LogP contribution is 2.19. The highest BCUT2D eigenvalue weighted by atomic mass is 32.2. The molecule has 1 N–H and O–H groups in total. The third-order valence-corrected chi connectivity index (χ3v) is 5.28. The van der Waals surface area contributed by atoms with E-state index in [1.54, 1.807) is 31.3 Å². The first-order chi connectivity index (χ1) is 9.78. The van der Waals surface area contributed by atoms with Gasteiger partial charge in [-0.1, -0.05) is 0 Å². The minimum absolute atomic E-state index is 0.0270. The van der Waals surface area contributed by atoms with Crippen molar-refractivity contribution >= 4 is 27.3 Å². The molecule has 1 saturated heterocycles. The van der Waals surface area contributed by atoms with Crippen molar-refractivity contribution in [2.45, 2.75) is 19.4 Å². The van der Waals surface area contributed by atoms with Crippen molar-refractivity contribution in [1.29, 1.82) is 0 Å². The lowest BCUT2D eigenvalue weighted by molar-refractivity contribution is -0.114. The van der Waals surface area contributed by atoms with E-state index in [2.05, 4.69) is 5.32 Å². The highest BCUT2D eigenvalue weighted by molar-refractivity contribution is 7.91. The van der Waals surface area contributed by atoms with Crippen molar-refractivity contribution in [3.05, 3.63) is 29.8 Å². The van der Waals surface area contributed by atoms with Gasteiger partial charge in [0.15, 0.2) is 9.84 Å². The fraction of sp³-hybridized carbons (Fsp3) is 0.429. The Bertz CT molecular complexity index is 652. The molecule has 7 heteroatoms. The molecule has 0 aromatic heterocycles. The summed E-state index contributed by atoms with van der Waals surface area (Å²) in [6.45, 7) is 1.41. The van der Waals surface area contributed by atoms with E-state index in [0.29, 0.717) is 17.7 Å². The summed E-state index contributed by atoms with van der Waals surface area (Å²) in [5.41, 5.74) is 1.08. The Hall–Kier alpha value is -1.89. The van der Waals surface area contributed by atoms with E-state index in [-0.39, 0.29) is 29.4 Å². The van der Waals surface area contributed by atoms with E-state index in [1.165, 1.54) is 11.8 Å². The van der Waals surface area contributed by atoms with E-state index in [9.17, 15) is 18.0 Å². The average Bonchev–Trinajstić information content (AvgIpc) is 2.77. The third-order valence-electron chi connectivity index (χ3n) is 3.53. The molecular weight excluding hydrogens is 292 g/mol. The number of carbonyl (C=O) groups excluding carboxylic acids is 2. The quantitative estimate of drug-likeness (QED) is 0.899. The summed E-state index contributed by atoms with van der Waals surface area (Å²) in [6.07, 6.45) is 0.481. The molecule has 21 heavy (non-hydrogen) atoms. The second-order valence-corrected chi connectivity index (χ2v) is 7.46. The number of carbonyl (C=O) groups is 2. The van der Waals surface area contributed by atoms with Crippen LogP contribution in [0, 0.1) is 0 Å². The van der Waals surface area contributed by atoms with Gasteiger partial charge in [0.1, 0.15) is 0 Å². The molecule has 6 nitrogen and oxygen atoms in total. The predicted molar refractivity (Wildman–Crippen MR) is 79.9 cm³/mol. The molecule has 1 aliphatic rings. The monoisotopic (exact) mass is 310 g/mol. The molecule has 1 atom stereocenters. The van der Waals surface area contributed by atoms with Gasteiger partial charge in [-0.2, -0.15) is 0 Å². The number of anilines is 1. The molecule has 1 aromatic carbocycles. The van der Waals surface area contributed by atoms with Gasteiger partial charge in [0.05, 0.1) is 11.5 Å². The van der Waals surface area contributed by atoms with Crippen molar-refractivity contribution in [3.63, 3.8) is 0 Å².